The molecule has 0 unspecified atom stereocenters. The zero-order valence-corrected chi connectivity index (χ0v) is 11.7. The number of aliphatic carboxylic acids is 1. The normalized spacial score (nSPS) is 8.32. The molecule has 0 aromatic carbocycles. The molecule has 9 heteroatoms. The van der Waals surface area contributed by atoms with E-state index in [1.54, 1.807) is 13.8 Å². The maximum absolute atomic E-state index is 10.4. The van der Waals surface area contributed by atoms with Crippen LogP contribution in [0.3, 0.4) is 0 Å². The molecular weight excluding hydrogens is 268 g/mol. The van der Waals surface area contributed by atoms with Crippen molar-refractivity contribution >= 4 is 35.0 Å². The Bertz CT molecular complexity index is 554. The van der Waals surface area contributed by atoms with Crippen molar-refractivity contribution in [1.82, 2.24) is 9.97 Å². The second kappa shape index (κ2) is 9.11. The van der Waals surface area contributed by atoms with Crippen LogP contribution in [0.15, 0.2) is 27.3 Å². The van der Waals surface area contributed by atoms with Gasteiger partial charge in [-0.15, -0.1) is 0 Å². The van der Waals surface area contributed by atoms with Crippen LogP contribution in [0, 0.1) is 0 Å². The summed E-state index contributed by atoms with van der Waals surface area (Å²) in [7, 11) is 0. The van der Waals surface area contributed by atoms with E-state index in [-0.39, 0.29) is 23.1 Å². The average molecular weight is 279 g/mol. The van der Waals surface area contributed by atoms with Crippen LogP contribution in [0.1, 0.15) is 24.3 Å². The molecule has 0 radical (unpaired) electrons. The summed E-state index contributed by atoms with van der Waals surface area (Å²) in [6.45, 7) is 3.41. The van der Waals surface area contributed by atoms with Gasteiger partial charge in [0.1, 0.15) is 0 Å². The van der Waals surface area contributed by atoms with Gasteiger partial charge in [-0.05, 0) is 19.9 Å². The Kier molecular flexibility index (Phi) is 9.33. The summed E-state index contributed by atoms with van der Waals surface area (Å²) >= 11 is 0. The third-order valence-electron chi connectivity index (χ3n) is 1.39. The second-order valence-electron chi connectivity index (χ2n) is 3.33. The molecule has 98 valence electrons. The van der Waals surface area contributed by atoms with Gasteiger partial charge in [-0.25, -0.2) is 4.79 Å². The molecule has 0 bridgehead atoms. The van der Waals surface area contributed by atoms with Gasteiger partial charge < -0.3 is 24.8 Å². The maximum Gasteiger partial charge on any atom is 2.00 e. The maximum atomic E-state index is 10.4. The Hall–Kier alpha value is -1.87. The van der Waals surface area contributed by atoms with E-state index >= 15 is 0 Å². The Morgan fingerprint density at radius 2 is 1.68 bits per heavy atom. The van der Waals surface area contributed by atoms with Crippen molar-refractivity contribution in [2.75, 3.05) is 0 Å². The summed E-state index contributed by atoms with van der Waals surface area (Å²) in [6, 6.07) is 0.733. The van der Waals surface area contributed by atoms with E-state index in [1.807, 2.05) is 9.97 Å². The van der Waals surface area contributed by atoms with E-state index in [4.69, 9.17) is 0 Å². The van der Waals surface area contributed by atoms with Crippen LogP contribution in [0.4, 0.5) is 0 Å². The molecular formula is C10H10MgN2O6. The van der Waals surface area contributed by atoms with Gasteiger partial charge in [0, 0.05) is 6.07 Å². The molecule has 1 aromatic rings. The minimum Gasteiger partial charge on any atom is -0.545 e. The van der Waals surface area contributed by atoms with Crippen LogP contribution in [0.2, 0.25) is 0 Å². The largest absolute Gasteiger partial charge is 2.00 e. The fraction of sp³-hybridized carbons (Fsp3) is 0.200. The summed E-state index contributed by atoms with van der Waals surface area (Å²) in [5, 5.41) is 19.7. The number of hydrogen-bond acceptors (Lipinski definition) is 6. The molecule has 19 heavy (non-hydrogen) atoms. The zero-order valence-electron chi connectivity index (χ0n) is 10.3. The second-order valence-corrected chi connectivity index (χ2v) is 3.33. The number of carbonyl (C=O) groups excluding carboxylic acids is 2. The molecule has 1 aromatic heterocycles. The van der Waals surface area contributed by atoms with E-state index in [1.165, 1.54) is 0 Å². The predicted molar refractivity (Wildman–Crippen MR) is 62.2 cm³/mol. The number of carboxylic acid groups (broad SMARTS) is 2. The predicted octanol–water partition coefficient (Wildman–Crippen LogP) is -3.25. The molecule has 0 spiro atoms. The molecule has 1 rings (SSSR count). The van der Waals surface area contributed by atoms with Crippen LogP contribution in [-0.2, 0) is 4.79 Å². The van der Waals surface area contributed by atoms with E-state index in [0.29, 0.717) is 0 Å². The number of carboxylic acids is 2. The van der Waals surface area contributed by atoms with Crippen LogP contribution in [-0.4, -0.2) is 45.0 Å². The van der Waals surface area contributed by atoms with Crippen molar-refractivity contribution in [2.24, 2.45) is 0 Å². The Labute approximate surface area is 123 Å². The molecule has 0 atom stereocenters. The van der Waals surface area contributed by atoms with Crippen molar-refractivity contribution in [3.05, 3.63) is 44.2 Å². The fourth-order valence-electron chi connectivity index (χ4n) is 0.814. The Balaban J connectivity index is 0. The molecule has 0 fully saturated rings. The third kappa shape index (κ3) is 9.79. The quantitative estimate of drug-likeness (QED) is 0.429. The SMILES string of the molecule is CC(C)=CC(=O)[O-].O=C([O-])c1cc(=O)[nH]c(=O)[nH]1.[Mg+2]. The van der Waals surface area contributed by atoms with Gasteiger partial charge in [0.05, 0.1) is 17.6 Å². The molecule has 0 saturated heterocycles. The van der Waals surface area contributed by atoms with Crippen molar-refractivity contribution in [3.8, 4) is 0 Å². The van der Waals surface area contributed by atoms with Crippen molar-refractivity contribution < 1.29 is 19.8 Å². The summed E-state index contributed by atoms with van der Waals surface area (Å²) in [5.74, 6) is -2.71. The average Bonchev–Trinajstić information content (AvgIpc) is 2.14. The van der Waals surface area contributed by atoms with Crippen LogP contribution in [0.25, 0.3) is 0 Å². The minimum absolute atomic E-state index is 0. The number of nitrogens with one attached hydrogen (secondary N) is 2. The molecule has 0 aliphatic rings. The van der Waals surface area contributed by atoms with E-state index in [9.17, 15) is 29.4 Å². The zero-order chi connectivity index (χ0) is 14.3. The number of allylic oxidation sites excluding steroid dienone is 1. The first kappa shape index (κ1) is 19.5. The molecule has 0 saturated carbocycles. The van der Waals surface area contributed by atoms with Gasteiger partial charge in [-0.3, -0.25) is 9.78 Å². The van der Waals surface area contributed by atoms with E-state index in [2.05, 4.69) is 0 Å². The smallest absolute Gasteiger partial charge is 0.545 e. The number of hydrogen-bond donors (Lipinski definition) is 2. The van der Waals surface area contributed by atoms with Gasteiger partial charge in [-0.1, -0.05) is 5.57 Å². The molecule has 1 heterocycles. The minimum atomic E-state index is -1.59. The number of aromatic amines is 2. The third-order valence-corrected chi connectivity index (χ3v) is 1.39. The summed E-state index contributed by atoms with van der Waals surface area (Å²) in [5.41, 5.74) is -1.41. The Morgan fingerprint density at radius 1 is 1.16 bits per heavy atom. The first-order chi connectivity index (χ1) is 8.22. The van der Waals surface area contributed by atoms with Crippen LogP contribution >= 0.6 is 0 Å². The number of aromatic carboxylic acids is 1. The van der Waals surface area contributed by atoms with Gasteiger partial charge in [0.15, 0.2) is 0 Å². The molecule has 0 aliphatic heterocycles. The number of aromatic nitrogens is 2. The van der Waals surface area contributed by atoms with Crippen LogP contribution in [0.5, 0.6) is 0 Å². The first-order valence-corrected chi connectivity index (χ1v) is 4.63. The van der Waals surface area contributed by atoms with Gasteiger partial charge in [0.2, 0.25) is 0 Å². The summed E-state index contributed by atoms with van der Waals surface area (Å²) < 4.78 is 0. The van der Waals surface area contributed by atoms with Crippen molar-refractivity contribution in [3.63, 3.8) is 0 Å². The molecule has 2 N–H and O–H groups in total. The first-order valence-electron chi connectivity index (χ1n) is 4.63. The Morgan fingerprint density at radius 3 is 1.95 bits per heavy atom. The van der Waals surface area contributed by atoms with Gasteiger partial charge >= 0.3 is 28.7 Å². The van der Waals surface area contributed by atoms with Gasteiger partial charge in [0.25, 0.3) is 5.56 Å². The fourth-order valence-corrected chi connectivity index (χ4v) is 0.814. The van der Waals surface area contributed by atoms with E-state index < -0.39 is 28.9 Å². The standard InChI is InChI=1S/C5H4N2O4.C5H8O2.Mg/c8-3-1-2(4(9)10)6-5(11)7-3;1-4(2)3-5(6)7;/h1H,(H,9,10)(H2,6,7,8,11);3H,1-2H3,(H,6,7);/q;;+2/p-2. The van der Waals surface area contributed by atoms with Crippen LogP contribution < -0.4 is 21.5 Å². The van der Waals surface area contributed by atoms with Crippen molar-refractivity contribution in [2.45, 2.75) is 13.8 Å². The molecule has 0 aliphatic carbocycles. The number of rotatable bonds is 2. The topological polar surface area (TPSA) is 146 Å². The molecule has 8 nitrogen and oxygen atoms in total. The van der Waals surface area contributed by atoms with Gasteiger partial charge in [-0.2, -0.15) is 0 Å². The number of carbonyl (C=O) groups is 2. The van der Waals surface area contributed by atoms with E-state index in [0.717, 1.165) is 17.7 Å². The number of H-pyrrole nitrogens is 2. The van der Waals surface area contributed by atoms with Crippen molar-refractivity contribution in [1.29, 1.82) is 0 Å². The summed E-state index contributed by atoms with van der Waals surface area (Å²) in [4.78, 5) is 44.2. The monoisotopic (exact) mass is 278 g/mol. The molecule has 0 amide bonds. The summed E-state index contributed by atoms with van der Waals surface area (Å²) in [6.07, 6.45) is 1.06.